The summed E-state index contributed by atoms with van der Waals surface area (Å²) in [6, 6.07) is 23.9. The van der Waals surface area contributed by atoms with Gasteiger partial charge in [0.1, 0.15) is 5.69 Å². The average molecular weight is 457 g/mol. The van der Waals surface area contributed by atoms with E-state index in [2.05, 4.69) is 37.0 Å². The van der Waals surface area contributed by atoms with Gasteiger partial charge in [-0.2, -0.15) is 5.26 Å². The second-order valence-electron chi connectivity index (χ2n) is 7.65. The van der Waals surface area contributed by atoms with Crippen molar-refractivity contribution in [3.63, 3.8) is 0 Å². The van der Waals surface area contributed by atoms with Gasteiger partial charge in [-0.05, 0) is 66.7 Å². The smallest absolute Gasteiger partial charge is 0.274 e. The molecule has 1 amide bonds. The Balaban J connectivity index is 1.33. The SMILES string of the molecule is N#Cc1ccc2nccc(Nc3ccnc(C(=O)Nc4cccc(Nc5ccncc5)c4)c3)c2c1. The van der Waals surface area contributed by atoms with Gasteiger partial charge in [0, 0.05) is 58.6 Å². The summed E-state index contributed by atoms with van der Waals surface area (Å²) in [7, 11) is 0. The van der Waals surface area contributed by atoms with Crippen molar-refractivity contribution in [2.24, 2.45) is 0 Å². The Morgan fingerprint density at radius 2 is 1.51 bits per heavy atom. The molecule has 8 heteroatoms. The minimum atomic E-state index is -0.332. The molecule has 0 fully saturated rings. The van der Waals surface area contributed by atoms with Crippen LogP contribution in [0.25, 0.3) is 10.9 Å². The van der Waals surface area contributed by atoms with Gasteiger partial charge in [0.2, 0.25) is 0 Å². The number of pyridine rings is 3. The molecule has 3 heterocycles. The van der Waals surface area contributed by atoms with Crippen LogP contribution in [0.3, 0.4) is 0 Å². The molecule has 8 nitrogen and oxygen atoms in total. The third-order valence-electron chi connectivity index (χ3n) is 5.23. The number of anilines is 5. The van der Waals surface area contributed by atoms with Crippen molar-refractivity contribution in [2.45, 2.75) is 0 Å². The van der Waals surface area contributed by atoms with E-state index in [9.17, 15) is 10.1 Å². The van der Waals surface area contributed by atoms with Gasteiger partial charge < -0.3 is 16.0 Å². The summed E-state index contributed by atoms with van der Waals surface area (Å²) in [5.41, 5.74) is 5.41. The molecule has 35 heavy (non-hydrogen) atoms. The normalized spacial score (nSPS) is 10.4. The zero-order valence-corrected chi connectivity index (χ0v) is 18.4. The fourth-order valence-corrected chi connectivity index (χ4v) is 3.58. The standard InChI is InChI=1S/C27H19N7O/c28-17-18-4-5-24-23(14-18)25(9-13-30-24)33-22-8-12-31-26(16-22)27(35)34-21-3-1-2-20(15-21)32-19-6-10-29-11-7-19/h1-16H,(H,29,32)(H,34,35)(H,30,31,33). The molecule has 5 rings (SSSR count). The molecule has 0 bridgehead atoms. The lowest BCUT2D eigenvalue weighted by molar-refractivity contribution is 0.102. The minimum Gasteiger partial charge on any atom is -0.355 e. The van der Waals surface area contributed by atoms with Crippen LogP contribution in [-0.2, 0) is 0 Å². The summed E-state index contributed by atoms with van der Waals surface area (Å²) in [5.74, 6) is -0.332. The van der Waals surface area contributed by atoms with E-state index < -0.39 is 0 Å². The van der Waals surface area contributed by atoms with Crippen LogP contribution in [0.4, 0.5) is 28.4 Å². The predicted molar refractivity (Wildman–Crippen MR) is 136 cm³/mol. The highest BCUT2D eigenvalue weighted by Gasteiger charge is 2.10. The summed E-state index contributed by atoms with van der Waals surface area (Å²) in [6.45, 7) is 0. The first-order valence-electron chi connectivity index (χ1n) is 10.8. The maximum Gasteiger partial charge on any atom is 0.274 e. The van der Waals surface area contributed by atoms with Gasteiger partial charge in [-0.25, -0.2) is 0 Å². The first-order chi connectivity index (χ1) is 17.2. The molecule has 0 radical (unpaired) electrons. The number of benzene rings is 2. The Labute approximate surface area is 201 Å². The molecular formula is C27H19N7O. The van der Waals surface area contributed by atoms with Crippen molar-refractivity contribution in [3.05, 3.63) is 109 Å². The van der Waals surface area contributed by atoms with Crippen molar-refractivity contribution in [1.29, 1.82) is 5.26 Å². The number of nitrogens with zero attached hydrogens (tertiary/aromatic N) is 4. The van der Waals surface area contributed by atoms with Crippen LogP contribution in [0, 0.1) is 11.3 Å². The van der Waals surface area contributed by atoms with Crippen LogP contribution in [0.5, 0.6) is 0 Å². The molecule has 0 aliphatic heterocycles. The first kappa shape index (κ1) is 21.6. The number of fused-ring (bicyclic) bond motifs is 1. The van der Waals surface area contributed by atoms with Gasteiger partial charge in [0.15, 0.2) is 0 Å². The molecule has 0 aliphatic rings. The van der Waals surface area contributed by atoms with Gasteiger partial charge in [0.25, 0.3) is 5.91 Å². The van der Waals surface area contributed by atoms with Gasteiger partial charge in [0.05, 0.1) is 17.1 Å². The molecule has 2 aromatic carbocycles. The lowest BCUT2D eigenvalue weighted by Gasteiger charge is -2.12. The van der Waals surface area contributed by atoms with Crippen molar-refractivity contribution >= 4 is 45.2 Å². The zero-order chi connectivity index (χ0) is 24.0. The van der Waals surface area contributed by atoms with Crippen molar-refractivity contribution in [2.75, 3.05) is 16.0 Å². The molecule has 0 spiro atoms. The summed E-state index contributed by atoms with van der Waals surface area (Å²) >= 11 is 0. The topological polar surface area (TPSA) is 116 Å². The first-order valence-corrected chi connectivity index (χ1v) is 10.8. The van der Waals surface area contributed by atoms with E-state index in [1.54, 1.807) is 49.1 Å². The Morgan fingerprint density at radius 1 is 0.743 bits per heavy atom. The highest BCUT2D eigenvalue weighted by molar-refractivity contribution is 6.04. The van der Waals surface area contributed by atoms with E-state index in [4.69, 9.17) is 0 Å². The van der Waals surface area contributed by atoms with Gasteiger partial charge in [-0.1, -0.05) is 6.07 Å². The van der Waals surface area contributed by atoms with E-state index in [1.807, 2.05) is 48.5 Å². The van der Waals surface area contributed by atoms with Crippen LogP contribution in [0.2, 0.25) is 0 Å². The molecule has 0 saturated carbocycles. The molecule has 3 aromatic heterocycles. The Kier molecular flexibility index (Phi) is 5.96. The average Bonchev–Trinajstić information content (AvgIpc) is 2.89. The maximum absolute atomic E-state index is 12.9. The molecular weight excluding hydrogens is 438 g/mol. The Bertz CT molecular complexity index is 1560. The molecule has 168 valence electrons. The lowest BCUT2D eigenvalue weighted by atomic mass is 10.1. The highest BCUT2D eigenvalue weighted by Crippen LogP contribution is 2.26. The number of aromatic nitrogens is 3. The number of carbonyl (C=O) groups is 1. The van der Waals surface area contributed by atoms with Crippen molar-refractivity contribution in [1.82, 2.24) is 15.0 Å². The molecule has 0 unspecified atom stereocenters. The largest absolute Gasteiger partial charge is 0.355 e. The van der Waals surface area contributed by atoms with Crippen LogP contribution in [0.1, 0.15) is 16.1 Å². The van der Waals surface area contributed by atoms with Crippen LogP contribution in [0.15, 0.2) is 97.6 Å². The number of nitriles is 1. The van der Waals surface area contributed by atoms with E-state index in [-0.39, 0.29) is 11.6 Å². The van der Waals surface area contributed by atoms with Gasteiger partial charge in [-0.15, -0.1) is 0 Å². The predicted octanol–water partition coefficient (Wildman–Crippen LogP) is 5.64. The molecule has 0 saturated heterocycles. The number of hydrogen-bond acceptors (Lipinski definition) is 7. The zero-order valence-electron chi connectivity index (χ0n) is 18.4. The molecule has 0 aliphatic carbocycles. The summed E-state index contributed by atoms with van der Waals surface area (Å²) < 4.78 is 0. The van der Waals surface area contributed by atoms with Crippen molar-refractivity contribution < 1.29 is 4.79 Å². The lowest BCUT2D eigenvalue weighted by Crippen LogP contribution is -2.14. The molecule has 3 N–H and O–H groups in total. The van der Waals surface area contributed by atoms with Crippen molar-refractivity contribution in [3.8, 4) is 6.07 Å². The Morgan fingerprint density at radius 3 is 2.37 bits per heavy atom. The summed E-state index contributed by atoms with van der Waals surface area (Å²) in [5, 5.41) is 19.5. The van der Waals surface area contributed by atoms with E-state index in [1.165, 1.54) is 0 Å². The van der Waals surface area contributed by atoms with Crippen LogP contribution < -0.4 is 16.0 Å². The van der Waals surface area contributed by atoms with Crippen LogP contribution >= 0.6 is 0 Å². The number of hydrogen-bond donors (Lipinski definition) is 3. The molecule has 5 aromatic rings. The Hall–Kier alpha value is -5.29. The monoisotopic (exact) mass is 457 g/mol. The third kappa shape index (κ3) is 5.05. The number of amides is 1. The van der Waals surface area contributed by atoms with E-state index in [0.717, 1.165) is 28.0 Å². The maximum atomic E-state index is 12.9. The fourth-order valence-electron chi connectivity index (χ4n) is 3.58. The second-order valence-corrected chi connectivity index (χ2v) is 7.65. The number of rotatable bonds is 6. The van der Waals surface area contributed by atoms with E-state index >= 15 is 0 Å². The minimum absolute atomic E-state index is 0.263. The quantitative estimate of drug-likeness (QED) is 0.302. The van der Waals surface area contributed by atoms with Gasteiger partial charge >= 0.3 is 0 Å². The fraction of sp³-hybridized carbons (Fsp3) is 0. The highest BCUT2D eigenvalue weighted by atomic mass is 16.1. The number of nitrogens with one attached hydrogen (secondary N) is 3. The second kappa shape index (κ2) is 9.68. The van der Waals surface area contributed by atoms with Crippen LogP contribution in [-0.4, -0.2) is 20.9 Å². The van der Waals surface area contributed by atoms with E-state index in [0.29, 0.717) is 16.9 Å². The summed E-state index contributed by atoms with van der Waals surface area (Å²) in [4.78, 5) is 25.5. The molecule has 0 atom stereocenters. The number of carbonyl (C=O) groups excluding carboxylic acids is 1. The summed E-state index contributed by atoms with van der Waals surface area (Å²) in [6.07, 6.45) is 6.68. The van der Waals surface area contributed by atoms with Gasteiger partial charge in [-0.3, -0.25) is 19.7 Å². The third-order valence-corrected chi connectivity index (χ3v) is 5.23.